The summed E-state index contributed by atoms with van der Waals surface area (Å²) in [5.41, 5.74) is 7.92. The van der Waals surface area contributed by atoms with Gasteiger partial charge in [0.15, 0.2) is 0 Å². The quantitative estimate of drug-likeness (QED) is 0.512. The molecule has 2 aromatic heterocycles. The summed E-state index contributed by atoms with van der Waals surface area (Å²) in [5, 5.41) is 0.559. The zero-order valence-electron chi connectivity index (χ0n) is 14.0. The van der Waals surface area contributed by atoms with Crippen LogP contribution in [-0.2, 0) is 19.4 Å². The number of nitrogens with zero attached hydrogens (tertiary/aromatic N) is 2. The average Bonchev–Trinajstić information content (AvgIpc) is 3.26. The van der Waals surface area contributed by atoms with Crippen LogP contribution in [0.25, 0.3) is 0 Å². The third-order valence-corrected chi connectivity index (χ3v) is 6.63. The van der Waals surface area contributed by atoms with Crippen molar-refractivity contribution in [3.05, 3.63) is 69.9 Å². The average molecular weight is 392 g/mol. The van der Waals surface area contributed by atoms with Crippen molar-refractivity contribution in [1.82, 2.24) is 9.55 Å². The SMILES string of the molecule is Nc1ccc(CCSC(CCc2ccc(Cl)s2)Cn2ccnc2)cc1. The first-order valence-electron chi connectivity index (χ1n) is 8.35. The van der Waals surface area contributed by atoms with Gasteiger partial charge in [-0.3, -0.25) is 0 Å². The highest BCUT2D eigenvalue weighted by atomic mass is 35.5. The number of hydrogen-bond donors (Lipinski definition) is 1. The summed E-state index contributed by atoms with van der Waals surface area (Å²) < 4.78 is 3.04. The maximum atomic E-state index is 6.05. The van der Waals surface area contributed by atoms with Crippen molar-refractivity contribution in [1.29, 1.82) is 0 Å². The van der Waals surface area contributed by atoms with Crippen molar-refractivity contribution in [2.45, 2.75) is 31.1 Å². The first-order chi connectivity index (χ1) is 12.2. The van der Waals surface area contributed by atoms with E-state index in [-0.39, 0.29) is 0 Å². The molecule has 132 valence electrons. The van der Waals surface area contributed by atoms with E-state index in [0.717, 1.165) is 41.6 Å². The molecule has 0 bridgehead atoms. The highest BCUT2D eigenvalue weighted by Gasteiger charge is 2.12. The fourth-order valence-electron chi connectivity index (χ4n) is 2.67. The first-order valence-corrected chi connectivity index (χ1v) is 10.6. The van der Waals surface area contributed by atoms with Gasteiger partial charge in [-0.1, -0.05) is 23.7 Å². The van der Waals surface area contributed by atoms with Crippen LogP contribution in [0.4, 0.5) is 5.69 Å². The van der Waals surface area contributed by atoms with E-state index in [1.54, 1.807) is 11.3 Å². The van der Waals surface area contributed by atoms with Gasteiger partial charge in [-0.25, -0.2) is 4.98 Å². The lowest BCUT2D eigenvalue weighted by atomic mass is 10.1. The van der Waals surface area contributed by atoms with Crippen LogP contribution in [0, 0.1) is 0 Å². The Kier molecular flexibility index (Phi) is 6.84. The van der Waals surface area contributed by atoms with E-state index in [4.69, 9.17) is 17.3 Å². The number of thiophene rings is 1. The van der Waals surface area contributed by atoms with Gasteiger partial charge in [0.1, 0.15) is 0 Å². The Morgan fingerprint density at radius 2 is 2.00 bits per heavy atom. The van der Waals surface area contributed by atoms with Gasteiger partial charge >= 0.3 is 0 Å². The summed E-state index contributed by atoms with van der Waals surface area (Å²) in [6.45, 7) is 0.992. The maximum absolute atomic E-state index is 6.05. The van der Waals surface area contributed by atoms with Crippen LogP contribution >= 0.6 is 34.7 Å². The number of aryl methyl sites for hydroxylation is 2. The lowest BCUT2D eigenvalue weighted by Gasteiger charge is -2.17. The van der Waals surface area contributed by atoms with Crippen molar-refractivity contribution in [2.75, 3.05) is 11.5 Å². The Morgan fingerprint density at radius 1 is 1.16 bits per heavy atom. The topological polar surface area (TPSA) is 43.8 Å². The number of imidazole rings is 1. The molecule has 0 saturated heterocycles. The summed E-state index contributed by atoms with van der Waals surface area (Å²) >= 11 is 9.77. The molecule has 1 unspecified atom stereocenters. The van der Waals surface area contributed by atoms with Crippen molar-refractivity contribution >= 4 is 40.4 Å². The minimum Gasteiger partial charge on any atom is -0.399 e. The van der Waals surface area contributed by atoms with Crippen LogP contribution in [0.3, 0.4) is 0 Å². The summed E-state index contributed by atoms with van der Waals surface area (Å²) in [4.78, 5) is 5.52. The van der Waals surface area contributed by atoms with E-state index in [0.29, 0.717) is 5.25 Å². The van der Waals surface area contributed by atoms with Gasteiger partial charge in [0.2, 0.25) is 0 Å². The Morgan fingerprint density at radius 3 is 2.68 bits per heavy atom. The molecule has 0 saturated carbocycles. The second-order valence-electron chi connectivity index (χ2n) is 5.99. The van der Waals surface area contributed by atoms with E-state index >= 15 is 0 Å². The zero-order valence-corrected chi connectivity index (χ0v) is 16.4. The van der Waals surface area contributed by atoms with Crippen LogP contribution in [0.5, 0.6) is 0 Å². The molecule has 0 aliphatic heterocycles. The second-order valence-corrected chi connectivity index (χ2v) is 9.20. The van der Waals surface area contributed by atoms with E-state index in [2.05, 4.69) is 27.8 Å². The first kappa shape index (κ1) is 18.4. The molecule has 0 radical (unpaired) electrons. The monoisotopic (exact) mass is 391 g/mol. The molecule has 3 nitrogen and oxygen atoms in total. The fraction of sp³-hybridized carbons (Fsp3) is 0.316. The van der Waals surface area contributed by atoms with Crippen LogP contribution in [0.15, 0.2) is 55.1 Å². The van der Waals surface area contributed by atoms with Crippen molar-refractivity contribution in [2.24, 2.45) is 0 Å². The van der Waals surface area contributed by atoms with Gasteiger partial charge in [-0.05, 0) is 54.8 Å². The molecule has 3 aromatic rings. The second kappa shape index (κ2) is 9.32. The summed E-state index contributed by atoms with van der Waals surface area (Å²) in [7, 11) is 0. The van der Waals surface area contributed by atoms with Gasteiger partial charge in [0.05, 0.1) is 10.7 Å². The van der Waals surface area contributed by atoms with Gasteiger partial charge < -0.3 is 10.3 Å². The molecule has 6 heteroatoms. The van der Waals surface area contributed by atoms with Crippen LogP contribution in [0.1, 0.15) is 16.9 Å². The lowest BCUT2D eigenvalue weighted by molar-refractivity contribution is 0.626. The van der Waals surface area contributed by atoms with Crippen molar-refractivity contribution in [3.63, 3.8) is 0 Å². The minimum atomic E-state index is 0.559. The number of hydrogen-bond acceptors (Lipinski definition) is 4. The molecule has 0 amide bonds. The molecule has 3 rings (SSSR count). The summed E-state index contributed by atoms with van der Waals surface area (Å²) in [6, 6.07) is 12.3. The van der Waals surface area contributed by atoms with Gasteiger partial charge in [0.25, 0.3) is 0 Å². The molecule has 0 fully saturated rings. The standard InChI is InChI=1S/C19H22ClN3S2/c20-19-8-7-17(25-19)5-6-18(13-23-11-10-22-14-23)24-12-9-15-1-3-16(21)4-2-15/h1-4,7-8,10-11,14,18H,5-6,9,12-13,21H2. The number of aromatic nitrogens is 2. The molecule has 0 aliphatic carbocycles. The highest BCUT2D eigenvalue weighted by molar-refractivity contribution is 7.99. The number of anilines is 1. The number of nitrogen functional groups attached to an aromatic ring is 1. The molecule has 25 heavy (non-hydrogen) atoms. The Bertz CT molecular complexity index is 753. The molecule has 0 aliphatic rings. The third kappa shape index (κ3) is 6.10. The summed E-state index contributed by atoms with van der Waals surface area (Å²) in [5.74, 6) is 1.11. The zero-order chi connectivity index (χ0) is 17.5. The number of halogens is 1. The van der Waals surface area contributed by atoms with Crippen LogP contribution in [-0.4, -0.2) is 20.6 Å². The van der Waals surface area contributed by atoms with Gasteiger partial charge in [0, 0.05) is 34.8 Å². The molecule has 1 atom stereocenters. The molecule has 2 heterocycles. The summed E-state index contributed by atoms with van der Waals surface area (Å²) in [6.07, 6.45) is 9.06. The largest absolute Gasteiger partial charge is 0.399 e. The Labute approximate surface area is 162 Å². The molecular weight excluding hydrogens is 370 g/mol. The smallest absolute Gasteiger partial charge is 0.0946 e. The molecule has 1 aromatic carbocycles. The van der Waals surface area contributed by atoms with Gasteiger partial charge in [-0.2, -0.15) is 11.8 Å². The maximum Gasteiger partial charge on any atom is 0.0946 e. The van der Waals surface area contributed by atoms with Crippen molar-refractivity contribution < 1.29 is 0 Å². The number of rotatable bonds is 9. The van der Waals surface area contributed by atoms with E-state index in [9.17, 15) is 0 Å². The van der Waals surface area contributed by atoms with E-state index < -0.39 is 0 Å². The highest BCUT2D eigenvalue weighted by Crippen LogP contribution is 2.26. The fourth-order valence-corrected chi connectivity index (χ4v) is 5.03. The number of thioether (sulfide) groups is 1. The van der Waals surface area contributed by atoms with E-state index in [1.807, 2.05) is 48.7 Å². The minimum absolute atomic E-state index is 0.559. The predicted molar refractivity (Wildman–Crippen MR) is 111 cm³/mol. The van der Waals surface area contributed by atoms with E-state index in [1.165, 1.54) is 10.4 Å². The number of benzene rings is 1. The lowest BCUT2D eigenvalue weighted by Crippen LogP contribution is -2.14. The Hall–Kier alpha value is -1.43. The third-order valence-electron chi connectivity index (χ3n) is 4.04. The normalized spacial score (nSPS) is 12.4. The van der Waals surface area contributed by atoms with Crippen LogP contribution < -0.4 is 5.73 Å². The predicted octanol–water partition coefficient (Wildman–Crippen LogP) is 5.16. The number of nitrogens with two attached hydrogens (primary N) is 1. The molecule has 2 N–H and O–H groups in total. The van der Waals surface area contributed by atoms with Crippen LogP contribution in [0.2, 0.25) is 4.34 Å². The van der Waals surface area contributed by atoms with Crippen molar-refractivity contribution in [3.8, 4) is 0 Å². The molecular formula is C19H22ClN3S2. The van der Waals surface area contributed by atoms with Gasteiger partial charge in [-0.15, -0.1) is 11.3 Å². The molecule has 0 spiro atoms. The Balaban J connectivity index is 1.52.